The zero-order valence-corrected chi connectivity index (χ0v) is 19.3. The maximum Gasteiger partial charge on any atom is 0.416 e. The molecule has 3 saturated heterocycles. The second kappa shape index (κ2) is 8.18. The van der Waals surface area contributed by atoms with Crippen molar-refractivity contribution in [2.75, 3.05) is 41.4 Å². The summed E-state index contributed by atoms with van der Waals surface area (Å²) < 4.78 is 52.8. The SMILES string of the molecule is O=C1CCCN1C1CN(c2nc(NC3CS(=O)C3)nc3c2cnn3-c2cccc(C(F)(F)F)c2)C1. The van der Waals surface area contributed by atoms with Gasteiger partial charge in [0.1, 0.15) is 5.82 Å². The van der Waals surface area contributed by atoms with Crippen LogP contribution in [0.25, 0.3) is 16.7 Å². The van der Waals surface area contributed by atoms with Gasteiger partial charge in [-0.15, -0.1) is 0 Å². The zero-order chi connectivity index (χ0) is 24.3. The fraction of sp³-hybridized carbons (Fsp3) is 0.455. The lowest BCUT2D eigenvalue weighted by molar-refractivity contribution is -0.137. The molecule has 3 fully saturated rings. The van der Waals surface area contributed by atoms with Gasteiger partial charge in [-0.25, -0.2) is 4.68 Å². The number of nitrogens with one attached hydrogen (secondary N) is 1. The monoisotopic (exact) mass is 505 g/mol. The van der Waals surface area contributed by atoms with Gasteiger partial charge in [-0.1, -0.05) is 6.07 Å². The van der Waals surface area contributed by atoms with Crippen molar-refractivity contribution in [1.29, 1.82) is 0 Å². The Balaban J connectivity index is 1.37. The summed E-state index contributed by atoms with van der Waals surface area (Å²) >= 11 is 0. The second-order valence-electron chi connectivity index (χ2n) is 9.08. The fourth-order valence-electron chi connectivity index (χ4n) is 4.75. The number of alkyl halides is 3. The van der Waals surface area contributed by atoms with Crippen molar-refractivity contribution in [2.24, 2.45) is 0 Å². The number of aromatic nitrogens is 4. The van der Waals surface area contributed by atoms with E-state index in [4.69, 9.17) is 0 Å². The third kappa shape index (κ3) is 4.01. The smallest absolute Gasteiger partial charge is 0.352 e. The van der Waals surface area contributed by atoms with Crippen molar-refractivity contribution in [3.63, 3.8) is 0 Å². The van der Waals surface area contributed by atoms with Crippen molar-refractivity contribution in [3.05, 3.63) is 36.0 Å². The Labute approximate surface area is 200 Å². The first-order valence-electron chi connectivity index (χ1n) is 11.4. The highest BCUT2D eigenvalue weighted by molar-refractivity contribution is 7.86. The number of rotatable bonds is 5. The Morgan fingerprint density at radius 3 is 2.63 bits per heavy atom. The average molecular weight is 506 g/mol. The lowest BCUT2D eigenvalue weighted by atomic mass is 10.1. The molecule has 5 heterocycles. The van der Waals surface area contributed by atoms with Gasteiger partial charge in [0.2, 0.25) is 11.9 Å². The summed E-state index contributed by atoms with van der Waals surface area (Å²) in [6.07, 6.45) is -1.48. The molecular weight excluding hydrogens is 483 g/mol. The Hall–Kier alpha value is -3.22. The molecule has 0 aliphatic carbocycles. The number of nitrogens with zero attached hydrogens (tertiary/aromatic N) is 6. The molecule has 0 unspecified atom stereocenters. The van der Waals surface area contributed by atoms with Crippen LogP contribution in [0.1, 0.15) is 18.4 Å². The third-order valence-corrected chi connectivity index (χ3v) is 8.19. The maximum absolute atomic E-state index is 13.3. The van der Waals surface area contributed by atoms with Crippen LogP contribution in [0.4, 0.5) is 24.9 Å². The van der Waals surface area contributed by atoms with E-state index in [-0.39, 0.29) is 23.7 Å². The Bertz CT molecular complexity index is 1330. The summed E-state index contributed by atoms with van der Waals surface area (Å²) in [4.78, 5) is 25.3. The van der Waals surface area contributed by atoms with E-state index in [1.54, 1.807) is 12.3 Å². The van der Waals surface area contributed by atoms with Gasteiger partial charge in [-0.2, -0.15) is 28.2 Å². The molecule has 6 rings (SSSR count). The van der Waals surface area contributed by atoms with Gasteiger partial charge in [-0.05, 0) is 24.6 Å². The molecule has 1 aromatic carbocycles. The van der Waals surface area contributed by atoms with Crippen molar-refractivity contribution in [3.8, 4) is 5.69 Å². The number of fused-ring (bicyclic) bond motifs is 1. The van der Waals surface area contributed by atoms with Gasteiger partial charge in [0.15, 0.2) is 5.65 Å². The van der Waals surface area contributed by atoms with Crippen LogP contribution in [0.15, 0.2) is 30.5 Å². The van der Waals surface area contributed by atoms with E-state index in [9.17, 15) is 22.2 Å². The Morgan fingerprint density at radius 2 is 1.94 bits per heavy atom. The van der Waals surface area contributed by atoms with Crippen LogP contribution in [-0.2, 0) is 21.8 Å². The molecule has 0 radical (unpaired) electrons. The molecule has 1 N–H and O–H groups in total. The standard InChI is InChI=1S/C22H22F3N7O2S/c23-22(24,25)13-3-1-4-15(7-13)32-20-17(8-26-32)19(28-21(29-20)27-14-11-35(34)12-14)30-9-16(10-30)31-6-2-5-18(31)33/h1,3-4,7-8,14,16H,2,5-6,9-12H2,(H,27,28,29). The summed E-state index contributed by atoms with van der Waals surface area (Å²) in [6.45, 7) is 1.98. The molecular formula is C22H22F3N7O2S. The van der Waals surface area contributed by atoms with Crippen LogP contribution < -0.4 is 10.2 Å². The summed E-state index contributed by atoms with van der Waals surface area (Å²) in [5, 5.41) is 8.15. The van der Waals surface area contributed by atoms with E-state index < -0.39 is 22.5 Å². The molecule has 0 atom stereocenters. The summed E-state index contributed by atoms with van der Waals surface area (Å²) in [5.41, 5.74) is -0.165. The van der Waals surface area contributed by atoms with Crippen molar-refractivity contribution in [1.82, 2.24) is 24.6 Å². The van der Waals surface area contributed by atoms with E-state index in [2.05, 4.69) is 20.4 Å². The molecule has 2 aromatic heterocycles. The highest BCUT2D eigenvalue weighted by Crippen LogP contribution is 2.34. The molecule has 0 spiro atoms. The number of amides is 1. The first kappa shape index (κ1) is 22.3. The minimum atomic E-state index is -4.48. The van der Waals surface area contributed by atoms with Crippen LogP contribution in [0.2, 0.25) is 0 Å². The summed E-state index contributed by atoms with van der Waals surface area (Å²) in [6, 6.07) is 5.01. The lowest BCUT2D eigenvalue weighted by Crippen LogP contribution is -2.60. The Morgan fingerprint density at radius 1 is 1.14 bits per heavy atom. The first-order chi connectivity index (χ1) is 16.8. The van der Waals surface area contributed by atoms with E-state index in [1.165, 1.54) is 10.7 Å². The number of carbonyl (C=O) groups excluding carboxylic acids is 1. The lowest BCUT2D eigenvalue weighted by Gasteiger charge is -2.44. The van der Waals surface area contributed by atoms with Crippen molar-refractivity contribution < 1.29 is 22.2 Å². The highest BCUT2D eigenvalue weighted by Gasteiger charge is 2.38. The highest BCUT2D eigenvalue weighted by atomic mass is 32.2. The van der Waals surface area contributed by atoms with Gasteiger partial charge < -0.3 is 15.1 Å². The Kier molecular flexibility index (Phi) is 5.20. The second-order valence-corrected chi connectivity index (χ2v) is 10.6. The quantitative estimate of drug-likeness (QED) is 0.568. The number of benzene rings is 1. The topological polar surface area (TPSA) is 96.2 Å². The number of hydrogen-bond acceptors (Lipinski definition) is 7. The fourth-order valence-corrected chi connectivity index (χ4v) is 5.71. The number of likely N-dealkylation sites (tertiary alicyclic amines) is 1. The molecule has 184 valence electrons. The van der Waals surface area contributed by atoms with Gasteiger partial charge in [0.25, 0.3) is 0 Å². The molecule has 1 amide bonds. The third-order valence-electron chi connectivity index (χ3n) is 6.65. The van der Waals surface area contributed by atoms with Gasteiger partial charge in [0.05, 0.1) is 34.9 Å². The van der Waals surface area contributed by atoms with Crippen LogP contribution in [0.5, 0.6) is 0 Å². The maximum atomic E-state index is 13.3. The van der Waals surface area contributed by atoms with E-state index >= 15 is 0 Å². The van der Waals surface area contributed by atoms with Crippen LogP contribution in [0.3, 0.4) is 0 Å². The zero-order valence-electron chi connectivity index (χ0n) is 18.5. The minimum Gasteiger partial charge on any atom is -0.352 e. The van der Waals surface area contributed by atoms with Crippen LogP contribution in [-0.4, -0.2) is 78.0 Å². The summed E-state index contributed by atoms with van der Waals surface area (Å²) in [7, 11) is -0.865. The molecule has 13 heteroatoms. The molecule has 0 saturated carbocycles. The number of hydrogen-bond donors (Lipinski definition) is 1. The molecule has 3 aliphatic heterocycles. The van der Waals surface area contributed by atoms with E-state index in [0.717, 1.165) is 25.1 Å². The molecule has 3 aromatic rings. The van der Waals surface area contributed by atoms with Gasteiger partial charge in [-0.3, -0.25) is 9.00 Å². The van der Waals surface area contributed by atoms with E-state index in [1.807, 2.05) is 9.80 Å². The number of carbonyl (C=O) groups is 1. The van der Waals surface area contributed by atoms with Crippen LogP contribution in [0, 0.1) is 0 Å². The number of halogens is 3. The van der Waals surface area contributed by atoms with Crippen molar-refractivity contribution >= 4 is 39.5 Å². The summed E-state index contributed by atoms with van der Waals surface area (Å²) in [5.74, 6) is 2.07. The minimum absolute atomic E-state index is 0.0302. The molecule has 0 bridgehead atoms. The van der Waals surface area contributed by atoms with Gasteiger partial charge >= 0.3 is 6.18 Å². The normalized spacial score (nSPS) is 23.0. The average Bonchev–Trinajstić information content (AvgIpc) is 3.38. The largest absolute Gasteiger partial charge is 0.416 e. The molecule has 35 heavy (non-hydrogen) atoms. The first-order valence-corrected chi connectivity index (χ1v) is 12.8. The van der Waals surface area contributed by atoms with Crippen molar-refractivity contribution in [2.45, 2.75) is 31.1 Å². The predicted molar refractivity (Wildman–Crippen MR) is 124 cm³/mol. The van der Waals surface area contributed by atoms with Gasteiger partial charge in [0, 0.05) is 48.4 Å². The van der Waals surface area contributed by atoms with E-state index in [0.29, 0.717) is 53.8 Å². The van der Waals surface area contributed by atoms with Crippen LogP contribution >= 0.6 is 0 Å². The molecule has 9 nitrogen and oxygen atoms in total. The number of anilines is 2. The molecule has 3 aliphatic rings. The predicted octanol–water partition coefficient (Wildman–Crippen LogP) is 2.19.